The van der Waals surface area contributed by atoms with Crippen LogP contribution in [0.4, 0.5) is 4.39 Å². The standard InChI is InChI=1S/C5H12FNO2S/c1-3-7(4-2)10(8,9)5-6/h3-5H2,1-2H3. The van der Waals surface area contributed by atoms with Crippen LogP contribution in [0.1, 0.15) is 13.8 Å². The number of sulfonamides is 1. The molecule has 0 aromatic rings. The first-order valence-electron chi connectivity index (χ1n) is 3.12. The first-order valence-corrected chi connectivity index (χ1v) is 4.73. The molecule has 0 aliphatic heterocycles. The third-order valence-electron chi connectivity index (χ3n) is 1.24. The lowest BCUT2D eigenvalue weighted by Gasteiger charge is -2.14. The minimum Gasteiger partial charge on any atom is -0.232 e. The molecular formula is C5H12FNO2S. The van der Waals surface area contributed by atoms with Crippen LogP contribution in [0.25, 0.3) is 0 Å². The highest BCUT2D eigenvalue weighted by atomic mass is 32.2. The third kappa shape index (κ3) is 2.22. The fourth-order valence-electron chi connectivity index (χ4n) is 0.686. The average Bonchev–Trinajstić information content (AvgIpc) is 1.90. The van der Waals surface area contributed by atoms with Gasteiger partial charge in [0.2, 0.25) is 16.0 Å². The molecule has 5 heteroatoms. The molecule has 0 unspecified atom stereocenters. The Kier molecular flexibility index (Phi) is 3.81. The molecule has 10 heavy (non-hydrogen) atoms. The Morgan fingerprint density at radius 1 is 1.30 bits per heavy atom. The minimum atomic E-state index is -3.59. The molecule has 0 aliphatic carbocycles. The highest BCUT2D eigenvalue weighted by Crippen LogP contribution is 1.99. The summed E-state index contributed by atoms with van der Waals surface area (Å²) in [6.45, 7) is 4.03. The summed E-state index contributed by atoms with van der Waals surface area (Å²) in [7, 11) is -3.59. The van der Waals surface area contributed by atoms with E-state index < -0.39 is 16.0 Å². The second-order valence-electron chi connectivity index (χ2n) is 1.81. The summed E-state index contributed by atoms with van der Waals surface area (Å²) >= 11 is 0. The Balaban J connectivity index is 4.28. The van der Waals surface area contributed by atoms with Gasteiger partial charge in [-0.25, -0.2) is 17.1 Å². The number of nitrogens with zero attached hydrogens (tertiary/aromatic N) is 1. The van der Waals surface area contributed by atoms with Crippen molar-refractivity contribution in [2.24, 2.45) is 0 Å². The summed E-state index contributed by atoms with van der Waals surface area (Å²) in [5.74, 6) is 0. The van der Waals surface area contributed by atoms with E-state index in [1.165, 1.54) is 0 Å². The molecular weight excluding hydrogens is 157 g/mol. The molecule has 0 aromatic heterocycles. The van der Waals surface area contributed by atoms with Gasteiger partial charge in [-0.2, -0.15) is 0 Å². The van der Waals surface area contributed by atoms with E-state index in [2.05, 4.69) is 0 Å². The van der Waals surface area contributed by atoms with E-state index in [9.17, 15) is 12.8 Å². The molecule has 0 aliphatic rings. The number of hydrogen-bond donors (Lipinski definition) is 0. The highest BCUT2D eigenvalue weighted by Gasteiger charge is 2.17. The molecule has 0 amide bonds. The van der Waals surface area contributed by atoms with Crippen molar-refractivity contribution in [3.63, 3.8) is 0 Å². The molecule has 0 radical (unpaired) electrons. The highest BCUT2D eigenvalue weighted by molar-refractivity contribution is 7.88. The molecule has 0 fully saturated rings. The molecule has 0 atom stereocenters. The molecule has 0 saturated heterocycles. The average molecular weight is 169 g/mol. The molecule has 3 nitrogen and oxygen atoms in total. The number of rotatable bonds is 4. The molecule has 0 spiro atoms. The SMILES string of the molecule is CCN(CC)S(=O)(=O)CF. The van der Waals surface area contributed by atoms with Gasteiger partial charge in [-0.3, -0.25) is 0 Å². The molecule has 62 valence electrons. The van der Waals surface area contributed by atoms with Crippen LogP contribution in [0.3, 0.4) is 0 Å². The van der Waals surface area contributed by atoms with Crippen molar-refractivity contribution in [2.75, 3.05) is 19.1 Å². The first kappa shape index (κ1) is 9.84. The van der Waals surface area contributed by atoms with Gasteiger partial charge in [0, 0.05) is 13.1 Å². The predicted octanol–water partition coefficient (Wildman–Crippen LogP) is 0.585. The van der Waals surface area contributed by atoms with E-state index in [1.54, 1.807) is 13.8 Å². The second-order valence-corrected chi connectivity index (χ2v) is 3.70. The summed E-state index contributed by atoms with van der Waals surface area (Å²) in [4.78, 5) is 0. The van der Waals surface area contributed by atoms with E-state index in [0.29, 0.717) is 13.1 Å². The van der Waals surface area contributed by atoms with E-state index in [4.69, 9.17) is 0 Å². The quantitative estimate of drug-likeness (QED) is 0.617. The smallest absolute Gasteiger partial charge is 0.232 e. The number of alkyl halides is 1. The lowest BCUT2D eigenvalue weighted by molar-refractivity contribution is 0.423. The van der Waals surface area contributed by atoms with Crippen molar-refractivity contribution in [3.8, 4) is 0 Å². The monoisotopic (exact) mass is 169 g/mol. The fraction of sp³-hybridized carbons (Fsp3) is 1.00. The summed E-state index contributed by atoms with van der Waals surface area (Å²) in [5.41, 5.74) is 0. The zero-order chi connectivity index (χ0) is 8.20. The van der Waals surface area contributed by atoms with E-state index in [1.807, 2.05) is 0 Å². The van der Waals surface area contributed by atoms with Crippen molar-refractivity contribution in [1.82, 2.24) is 4.31 Å². The maximum absolute atomic E-state index is 11.8. The summed E-state index contributed by atoms with van der Waals surface area (Å²) < 4.78 is 34.3. The van der Waals surface area contributed by atoms with Crippen molar-refractivity contribution < 1.29 is 12.8 Å². The summed E-state index contributed by atoms with van der Waals surface area (Å²) in [6, 6.07) is -1.30. The van der Waals surface area contributed by atoms with E-state index >= 15 is 0 Å². The molecule has 0 rings (SSSR count). The van der Waals surface area contributed by atoms with Crippen LogP contribution < -0.4 is 0 Å². The summed E-state index contributed by atoms with van der Waals surface area (Å²) in [5, 5.41) is 0. The van der Waals surface area contributed by atoms with Crippen LogP contribution in [0, 0.1) is 0 Å². The van der Waals surface area contributed by atoms with Crippen LogP contribution in [-0.4, -0.2) is 31.8 Å². The van der Waals surface area contributed by atoms with Gasteiger partial charge in [0.15, 0.2) is 0 Å². The largest absolute Gasteiger partial charge is 0.243 e. The normalized spacial score (nSPS) is 12.4. The fourth-order valence-corrected chi connectivity index (χ4v) is 1.61. The van der Waals surface area contributed by atoms with Gasteiger partial charge in [-0.15, -0.1) is 0 Å². The molecule has 0 aromatic carbocycles. The van der Waals surface area contributed by atoms with Crippen LogP contribution in [0.2, 0.25) is 0 Å². The predicted molar refractivity (Wildman–Crippen MR) is 37.8 cm³/mol. The van der Waals surface area contributed by atoms with Gasteiger partial charge in [-0.05, 0) is 0 Å². The van der Waals surface area contributed by atoms with E-state index in [-0.39, 0.29) is 0 Å². The zero-order valence-corrected chi connectivity index (χ0v) is 6.99. The molecule has 0 saturated carbocycles. The van der Waals surface area contributed by atoms with Gasteiger partial charge >= 0.3 is 0 Å². The van der Waals surface area contributed by atoms with Crippen LogP contribution >= 0.6 is 0 Å². The van der Waals surface area contributed by atoms with Crippen LogP contribution in [-0.2, 0) is 10.0 Å². The van der Waals surface area contributed by atoms with Gasteiger partial charge in [0.25, 0.3) is 0 Å². The molecule has 0 N–H and O–H groups in total. The Morgan fingerprint density at radius 2 is 1.70 bits per heavy atom. The van der Waals surface area contributed by atoms with Crippen LogP contribution in [0.15, 0.2) is 0 Å². The van der Waals surface area contributed by atoms with Gasteiger partial charge in [0.05, 0.1) is 0 Å². The second kappa shape index (κ2) is 3.88. The lowest BCUT2D eigenvalue weighted by atomic mass is 10.7. The number of halogens is 1. The molecule has 0 bridgehead atoms. The maximum Gasteiger partial charge on any atom is 0.243 e. The Bertz CT molecular complexity index is 174. The number of hydrogen-bond acceptors (Lipinski definition) is 2. The topological polar surface area (TPSA) is 37.4 Å². The first-order chi connectivity index (χ1) is 4.58. The Labute approximate surface area is 60.9 Å². The minimum absolute atomic E-state index is 0.336. The summed E-state index contributed by atoms with van der Waals surface area (Å²) in [6.07, 6.45) is 0. The Morgan fingerprint density at radius 3 is 1.80 bits per heavy atom. The van der Waals surface area contributed by atoms with Gasteiger partial charge in [0.1, 0.15) is 0 Å². The third-order valence-corrected chi connectivity index (χ3v) is 2.82. The van der Waals surface area contributed by atoms with E-state index in [0.717, 1.165) is 4.31 Å². The zero-order valence-electron chi connectivity index (χ0n) is 6.17. The van der Waals surface area contributed by atoms with Crippen molar-refractivity contribution in [1.29, 1.82) is 0 Å². The van der Waals surface area contributed by atoms with Crippen molar-refractivity contribution >= 4 is 10.0 Å². The molecule has 0 heterocycles. The van der Waals surface area contributed by atoms with Crippen LogP contribution in [0.5, 0.6) is 0 Å². The maximum atomic E-state index is 11.8. The Hall–Kier alpha value is -0.160. The van der Waals surface area contributed by atoms with Crippen molar-refractivity contribution in [2.45, 2.75) is 13.8 Å². The van der Waals surface area contributed by atoms with Gasteiger partial charge in [-0.1, -0.05) is 13.8 Å². The van der Waals surface area contributed by atoms with Crippen molar-refractivity contribution in [3.05, 3.63) is 0 Å². The lowest BCUT2D eigenvalue weighted by Crippen LogP contribution is -2.31. The van der Waals surface area contributed by atoms with Gasteiger partial charge < -0.3 is 0 Å².